The van der Waals surface area contributed by atoms with Crippen LogP contribution >= 0.6 is 0 Å². The van der Waals surface area contributed by atoms with Crippen molar-refractivity contribution in [2.45, 2.75) is 38.8 Å². The fourth-order valence-electron chi connectivity index (χ4n) is 2.33. The van der Waals surface area contributed by atoms with Crippen molar-refractivity contribution >= 4 is 0 Å². The lowest BCUT2D eigenvalue weighted by molar-refractivity contribution is 0.199. The molecule has 0 aliphatic heterocycles. The van der Waals surface area contributed by atoms with Crippen molar-refractivity contribution < 1.29 is 4.74 Å². The largest absolute Gasteiger partial charge is 0.383 e. The molecule has 1 aromatic heterocycles. The highest BCUT2D eigenvalue weighted by atomic mass is 16.5. The number of nitrogens with zero attached hydrogens (tertiary/aromatic N) is 3. The van der Waals surface area contributed by atoms with Gasteiger partial charge >= 0.3 is 0 Å². The van der Waals surface area contributed by atoms with Crippen LogP contribution in [0.15, 0.2) is 6.33 Å². The Kier molecular flexibility index (Phi) is 4.94. The first-order valence-corrected chi connectivity index (χ1v) is 6.46. The van der Waals surface area contributed by atoms with Crippen molar-refractivity contribution in [2.24, 2.45) is 5.92 Å². The lowest BCUT2D eigenvalue weighted by Gasteiger charge is -2.07. The average molecular weight is 238 g/mol. The summed E-state index contributed by atoms with van der Waals surface area (Å²) in [5.41, 5.74) is 0. The summed E-state index contributed by atoms with van der Waals surface area (Å²) in [6, 6.07) is 0. The van der Waals surface area contributed by atoms with Crippen LogP contribution in [0.4, 0.5) is 0 Å². The minimum Gasteiger partial charge on any atom is -0.383 e. The number of methoxy groups -OCH3 is 1. The molecule has 1 heterocycles. The number of rotatable bonds is 7. The van der Waals surface area contributed by atoms with Gasteiger partial charge in [0.25, 0.3) is 0 Å². The van der Waals surface area contributed by atoms with Crippen molar-refractivity contribution in [3.63, 3.8) is 0 Å². The lowest BCUT2D eigenvalue weighted by Crippen LogP contribution is -2.19. The second kappa shape index (κ2) is 6.71. The summed E-state index contributed by atoms with van der Waals surface area (Å²) in [5, 5.41) is 7.72. The van der Waals surface area contributed by atoms with Crippen molar-refractivity contribution in [1.82, 2.24) is 20.1 Å². The third-order valence-electron chi connectivity index (χ3n) is 3.27. The Labute approximate surface area is 103 Å². The second-order valence-corrected chi connectivity index (χ2v) is 4.70. The van der Waals surface area contributed by atoms with Crippen LogP contribution in [0.2, 0.25) is 0 Å². The predicted octanol–water partition coefficient (Wildman–Crippen LogP) is 1.20. The van der Waals surface area contributed by atoms with E-state index in [0.29, 0.717) is 0 Å². The molecule has 0 spiro atoms. The maximum atomic E-state index is 4.97. The first-order chi connectivity index (χ1) is 8.38. The van der Waals surface area contributed by atoms with Crippen LogP contribution in [0.5, 0.6) is 0 Å². The fourth-order valence-corrected chi connectivity index (χ4v) is 2.33. The van der Waals surface area contributed by atoms with Gasteiger partial charge in [-0.1, -0.05) is 12.8 Å². The van der Waals surface area contributed by atoms with Crippen molar-refractivity contribution in [3.05, 3.63) is 12.2 Å². The summed E-state index contributed by atoms with van der Waals surface area (Å²) in [6.07, 6.45) is 7.31. The monoisotopic (exact) mass is 238 g/mol. The molecular weight excluding hydrogens is 216 g/mol. The zero-order chi connectivity index (χ0) is 11.9. The minimum absolute atomic E-state index is 0.723. The van der Waals surface area contributed by atoms with Crippen LogP contribution in [-0.4, -0.2) is 35.0 Å². The van der Waals surface area contributed by atoms with E-state index in [0.717, 1.165) is 38.0 Å². The molecule has 0 saturated heterocycles. The molecule has 0 amide bonds. The van der Waals surface area contributed by atoms with Crippen LogP contribution in [0, 0.1) is 5.92 Å². The Bertz CT molecular complexity index is 320. The van der Waals surface area contributed by atoms with Gasteiger partial charge < -0.3 is 10.1 Å². The highest BCUT2D eigenvalue weighted by Crippen LogP contribution is 2.25. The van der Waals surface area contributed by atoms with E-state index in [1.54, 1.807) is 7.11 Å². The molecule has 1 aliphatic carbocycles. The highest BCUT2D eigenvalue weighted by Gasteiger charge is 2.15. The van der Waals surface area contributed by atoms with Gasteiger partial charge in [0, 0.05) is 20.2 Å². The highest BCUT2D eigenvalue weighted by molar-refractivity contribution is 4.81. The Hall–Kier alpha value is -0.940. The van der Waals surface area contributed by atoms with Gasteiger partial charge in [-0.15, -0.1) is 0 Å². The Balaban J connectivity index is 1.71. The summed E-state index contributed by atoms with van der Waals surface area (Å²) >= 11 is 0. The third kappa shape index (κ3) is 4.09. The molecule has 96 valence electrons. The third-order valence-corrected chi connectivity index (χ3v) is 3.27. The molecule has 0 radical (unpaired) electrons. The van der Waals surface area contributed by atoms with Gasteiger partial charge in [0.1, 0.15) is 6.33 Å². The number of nitrogens with one attached hydrogen (secondary N) is 1. The van der Waals surface area contributed by atoms with Crippen LogP contribution in [0.1, 0.15) is 31.5 Å². The summed E-state index contributed by atoms with van der Waals surface area (Å²) in [7, 11) is 1.70. The normalized spacial score (nSPS) is 16.8. The molecule has 1 saturated carbocycles. The molecule has 0 atom stereocenters. The lowest BCUT2D eigenvalue weighted by atomic mass is 10.1. The first-order valence-electron chi connectivity index (χ1n) is 6.46. The molecule has 1 aromatic rings. The van der Waals surface area contributed by atoms with E-state index in [1.807, 2.05) is 11.0 Å². The molecule has 1 fully saturated rings. The van der Waals surface area contributed by atoms with Crippen molar-refractivity contribution in [3.8, 4) is 0 Å². The predicted molar refractivity (Wildman–Crippen MR) is 65.6 cm³/mol. The van der Waals surface area contributed by atoms with E-state index in [4.69, 9.17) is 4.74 Å². The number of hydrogen-bond donors (Lipinski definition) is 1. The van der Waals surface area contributed by atoms with Crippen LogP contribution < -0.4 is 5.32 Å². The minimum atomic E-state index is 0.723. The summed E-state index contributed by atoms with van der Waals surface area (Å²) in [5.74, 6) is 1.69. The Morgan fingerprint density at radius 3 is 3.06 bits per heavy atom. The van der Waals surface area contributed by atoms with Gasteiger partial charge in [0.05, 0.1) is 13.2 Å². The zero-order valence-electron chi connectivity index (χ0n) is 10.6. The molecule has 0 bridgehead atoms. The van der Waals surface area contributed by atoms with Gasteiger partial charge in [-0.25, -0.2) is 4.98 Å². The molecule has 2 rings (SSSR count). The number of ether oxygens (including phenoxy) is 1. The summed E-state index contributed by atoms with van der Waals surface area (Å²) in [4.78, 5) is 4.30. The average Bonchev–Trinajstić information content (AvgIpc) is 2.97. The Morgan fingerprint density at radius 1 is 1.47 bits per heavy atom. The Morgan fingerprint density at radius 2 is 2.29 bits per heavy atom. The number of aromatic nitrogens is 3. The van der Waals surface area contributed by atoms with Crippen LogP contribution in [0.25, 0.3) is 0 Å². The summed E-state index contributed by atoms with van der Waals surface area (Å²) in [6.45, 7) is 3.32. The maximum absolute atomic E-state index is 4.97. The quantitative estimate of drug-likeness (QED) is 0.725. The van der Waals surface area contributed by atoms with Gasteiger partial charge in [0.2, 0.25) is 0 Å². The molecule has 1 aliphatic rings. The molecule has 5 nitrogen and oxygen atoms in total. The standard InChI is InChI=1S/C12H22N4O/c1-17-7-6-13-8-12-14-10-16(15-12)9-11-4-2-3-5-11/h10-11,13H,2-9H2,1H3. The number of hydrogen-bond acceptors (Lipinski definition) is 4. The first kappa shape index (κ1) is 12.5. The topological polar surface area (TPSA) is 52.0 Å². The van der Waals surface area contributed by atoms with Gasteiger partial charge in [-0.2, -0.15) is 5.10 Å². The molecule has 1 N–H and O–H groups in total. The smallest absolute Gasteiger partial charge is 0.164 e. The molecule has 0 unspecified atom stereocenters. The van der Waals surface area contributed by atoms with Crippen molar-refractivity contribution in [2.75, 3.05) is 20.3 Å². The van der Waals surface area contributed by atoms with Crippen LogP contribution in [0.3, 0.4) is 0 Å². The zero-order valence-corrected chi connectivity index (χ0v) is 10.6. The van der Waals surface area contributed by atoms with Gasteiger partial charge in [0.15, 0.2) is 5.82 Å². The van der Waals surface area contributed by atoms with E-state index in [2.05, 4.69) is 15.4 Å². The van der Waals surface area contributed by atoms with Gasteiger partial charge in [-0.3, -0.25) is 4.68 Å². The second-order valence-electron chi connectivity index (χ2n) is 4.70. The van der Waals surface area contributed by atoms with Crippen molar-refractivity contribution in [1.29, 1.82) is 0 Å². The fraction of sp³-hybridized carbons (Fsp3) is 0.833. The van der Waals surface area contributed by atoms with E-state index in [9.17, 15) is 0 Å². The van der Waals surface area contributed by atoms with E-state index >= 15 is 0 Å². The SMILES string of the molecule is COCCNCc1ncn(CC2CCCC2)n1. The molecule has 17 heavy (non-hydrogen) atoms. The van der Waals surface area contributed by atoms with Gasteiger partial charge in [-0.05, 0) is 18.8 Å². The maximum Gasteiger partial charge on any atom is 0.164 e. The van der Waals surface area contributed by atoms with E-state index in [-0.39, 0.29) is 0 Å². The van der Waals surface area contributed by atoms with E-state index in [1.165, 1.54) is 25.7 Å². The van der Waals surface area contributed by atoms with Crippen LogP contribution in [-0.2, 0) is 17.8 Å². The molecule has 5 heteroatoms. The van der Waals surface area contributed by atoms with E-state index < -0.39 is 0 Å². The molecular formula is C12H22N4O. The summed E-state index contributed by atoms with van der Waals surface area (Å²) < 4.78 is 6.95. The molecule has 0 aromatic carbocycles.